The van der Waals surface area contributed by atoms with Crippen molar-refractivity contribution < 1.29 is 58.9 Å². The summed E-state index contributed by atoms with van der Waals surface area (Å²) in [6, 6.07) is 2.75. The van der Waals surface area contributed by atoms with Gasteiger partial charge >= 0.3 is 76.4 Å². The van der Waals surface area contributed by atoms with Gasteiger partial charge in [-0.15, -0.1) is 0 Å². The minimum Gasteiger partial charge on any atom is -0.458 e. The van der Waals surface area contributed by atoms with Gasteiger partial charge in [0, 0.05) is 47.9 Å². The highest BCUT2D eigenvalue weighted by Crippen LogP contribution is 2.55. The van der Waals surface area contributed by atoms with Gasteiger partial charge in [-0.05, 0) is 48.3 Å². The van der Waals surface area contributed by atoms with E-state index in [0.717, 1.165) is 0 Å². The molecule has 6 heterocycles. The minimum absolute atomic E-state index is 0.0229. The SMILES string of the molecule is C=C(C)C(=O)OC[Si]12O[Si]3(CC(C)C)O[Si]4(CC(C)C)O[Si](CC(C)C)(O1)O[Si]1(CC(C)C)O[Si](CC(C)C)(O2)O[Si](CC(C)C)(O3)O[Si](CC(C)C)(O4)O1. The molecule has 6 saturated heterocycles. The molecule has 6 aliphatic heterocycles. The van der Waals surface area contributed by atoms with Gasteiger partial charge in [0.15, 0.2) is 6.23 Å². The molecule has 6 fully saturated rings. The van der Waals surface area contributed by atoms with Crippen molar-refractivity contribution in [3.8, 4) is 0 Å². The molecule has 0 radical (unpaired) electrons. The molecule has 318 valence electrons. The first kappa shape index (κ1) is 46.5. The second-order valence-electron chi connectivity index (χ2n) is 19.2. The first-order valence-corrected chi connectivity index (χ1v) is 35.9. The van der Waals surface area contributed by atoms with Crippen molar-refractivity contribution in [2.24, 2.45) is 41.4 Å². The van der Waals surface area contributed by atoms with Crippen LogP contribution >= 0.6 is 0 Å². The van der Waals surface area contributed by atoms with Gasteiger partial charge in [-0.2, -0.15) is 0 Å². The fourth-order valence-corrected chi connectivity index (χ4v) is 58.8. The highest BCUT2D eigenvalue weighted by atomic mass is 28.6. The van der Waals surface area contributed by atoms with Crippen LogP contribution in [0.4, 0.5) is 0 Å². The first-order valence-electron chi connectivity index (χ1n) is 20.5. The van der Waals surface area contributed by atoms with Crippen LogP contribution in [0.2, 0.25) is 42.3 Å². The molecule has 55 heavy (non-hydrogen) atoms. The lowest BCUT2D eigenvalue weighted by atomic mass is 10.3. The Bertz CT molecular complexity index is 1250. The lowest BCUT2D eigenvalue weighted by Crippen LogP contribution is -2.89. The molecule has 0 unspecified atom stereocenters. The van der Waals surface area contributed by atoms with E-state index in [4.69, 9.17) is 54.1 Å². The Hall–Kier alpha value is 0.465. The lowest BCUT2D eigenvalue weighted by Gasteiger charge is -2.63. The van der Waals surface area contributed by atoms with Crippen molar-refractivity contribution in [2.45, 2.75) is 146 Å². The van der Waals surface area contributed by atoms with Gasteiger partial charge in [-0.1, -0.05) is 104 Å². The zero-order valence-electron chi connectivity index (χ0n) is 36.1. The summed E-state index contributed by atoms with van der Waals surface area (Å²) in [6.45, 7) is 35.0. The van der Waals surface area contributed by atoms with Crippen LogP contribution in [0, 0.1) is 41.4 Å². The number of ether oxygens (including phenoxy) is 1. The van der Waals surface area contributed by atoms with Gasteiger partial charge in [0.2, 0.25) is 0 Å². The van der Waals surface area contributed by atoms with Gasteiger partial charge in [-0.3, -0.25) is 0 Å². The van der Waals surface area contributed by atoms with E-state index in [2.05, 4.69) is 104 Å². The van der Waals surface area contributed by atoms with E-state index < -0.39 is 76.4 Å². The van der Waals surface area contributed by atoms with Crippen molar-refractivity contribution in [3.05, 3.63) is 12.2 Å². The van der Waals surface area contributed by atoms with Gasteiger partial charge < -0.3 is 54.1 Å². The number of hydrogen-bond donors (Lipinski definition) is 0. The van der Waals surface area contributed by atoms with Crippen molar-refractivity contribution in [2.75, 3.05) is 6.23 Å². The molecule has 0 aromatic carbocycles. The molecule has 0 atom stereocenters. The van der Waals surface area contributed by atoms with E-state index in [1.165, 1.54) is 0 Å². The Labute approximate surface area is 339 Å². The largest absolute Gasteiger partial charge is 0.518 e. The monoisotopic (exact) mass is 914 g/mol. The van der Waals surface area contributed by atoms with Crippen LogP contribution in [0.3, 0.4) is 0 Å². The number of carbonyl (C=O) groups is 1. The molecule has 8 bridgehead atoms. The second-order valence-corrected chi connectivity index (χ2v) is 43.1. The van der Waals surface area contributed by atoms with Gasteiger partial charge in [0.25, 0.3) is 0 Å². The Morgan fingerprint density at radius 3 is 0.691 bits per heavy atom. The fourth-order valence-electron chi connectivity index (χ4n) is 8.08. The predicted molar refractivity (Wildman–Crippen MR) is 222 cm³/mol. The summed E-state index contributed by atoms with van der Waals surface area (Å²) in [4.78, 5) is 13.3. The van der Waals surface area contributed by atoms with Crippen LogP contribution in [-0.2, 0) is 58.9 Å². The van der Waals surface area contributed by atoms with Gasteiger partial charge in [0.1, 0.15) is 0 Å². The summed E-state index contributed by atoms with van der Waals surface area (Å²) < 4.78 is 97.7. The molecule has 6 aliphatic rings. The van der Waals surface area contributed by atoms with Crippen molar-refractivity contribution in [1.29, 1.82) is 0 Å². The zero-order valence-corrected chi connectivity index (χ0v) is 44.1. The molecular weight excluding hydrogens is 845 g/mol. The van der Waals surface area contributed by atoms with Crippen molar-refractivity contribution in [3.63, 3.8) is 0 Å². The van der Waals surface area contributed by atoms with Gasteiger partial charge in [0.05, 0.1) is 0 Å². The Balaban J connectivity index is 1.96. The predicted octanol–water partition coefficient (Wildman–Crippen LogP) is 8.02. The fraction of sp³-hybridized carbons (Fsp3) is 0.909. The summed E-state index contributed by atoms with van der Waals surface area (Å²) in [5.41, 5.74) is 0.226. The van der Waals surface area contributed by atoms with Crippen LogP contribution in [0.15, 0.2) is 12.2 Å². The van der Waals surface area contributed by atoms with Crippen LogP contribution < -0.4 is 0 Å². The average molecular weight is 916 g/mol. The third-order valence-corrected chi connectivity index (χ3v) is 48.6. The van der Waals surface area contributed by atoms with E-state index in [9.17, 15) is 4.79 Å². The molecule has 0 spiro atoms. The summed E-state index contributed by atoms with van der Waals surface area (Å²) >= 11 is 0. The average Bonchev–Trinajstić information content (AvgIpc) is 2.88. The molecule has 0 amide bonds. The molecule has 6 rings (SSSR count). The molecule has 0 aromatic heterocycles. The third-order valence-electron chi connectivity index (χ3n) is 9.07. The second kappa shape index (κ2) is 16.7. The smallest absolute Gasteiger partial charge is 0.458 e. The number of rotatable bonds is 17. The molecular formula is C33H70O14Si8. The summed E-state index contributed by atoms with van der Waals surface area (Å²) in [5, 5.41) is 0. The van der Waals surface area contributed by atoms with Crippen molar-refractivity contribution >= 4 is 76.4 Å². The topological polar surface area (TPSA) is 137 Å². The van der Waals surface area contributed by atoms with Crippen LogP contribution in [0.25, 0.3) is 0 Å². The first-order chi connectivity index (χ1) is 25.2. The molecule has 22 heteroatoms. The van der Waals surface area contributed by atoms with Crippen molar-refractivity contribution in [1.82, 2.24) is 0 Å². The molecule has 0 aliphatic carbocycles. The normalized spacial score (nSPS) is 40.0. The van der Waals surface area contributed by atoms with E-state index in [1.54, 1.807) is 6.92 Å². The van der Waals surface area contributed by atoms with E-state index in [0.29, 0.717) is 42.3 Å². The molecule has 14 nitrogen and oxygen atoms in total. The Morgan fingerprint density at radius 2 is 0.545 bits per heavy atom. The summed E-state index contributed by atoms with van der Waals surface area (Å²) in [5.74, 6) is -0.248. The van der Waals surface area contributed by atoms with E-state index in [1.807, 2.05) is 0 Å². The van der Waals surface area contributed by atoms with Crippen LogP contribution in [-0.4, -0.2) is 82.6 Å². The third kappa shape index (κ3) is 10.9. The van der Waals surface area contributed by atoms with E-state index in [-0.39, 0.29) is 53.2 Å². The zero-order chi connectivity index (χ0) is 41.0. The Kier molecular flexibility index (Phi) is 14.2. The molecule has 0 saturated carbocycles. The Morgan fingerprint density at radius 1 is 0.382 bits per heavy atom. The number of hydrogen-bond acceptors (Lipinski definition) is 14. The van der Waals surface area contributed by atoms with Crippen LogP contribution in [0.5, 0.6) is 0 Å². The standard InChI is InChI=1S/C33H70O14Si8/c1-25(2)17-48-36-49(18-26(3)4)39-52(21-29(9)10)41-50(37-48,19-27(5)6)43-54(23-31(13)14)44-51(38-48,20-28(7)8)42-53(40-49,22-30(11)12)46-55(45-52,47-54)24-35-33(34)32(15)16/h25-31H,15,17-24H2,1-14,16H3. The van der Waals surface area contributed by atoms with Crippen LogP contribution in [0.1, 0.15) is 104 Å². The van der Waals surface area contributed by atoms with E-state index >= 15 is 0 Å². The maximum Gasteiger partial charge on any atom is 0.518 e. The minimum atomic E-state index is -4.38. The summed E-state index contributed by atoms with van der Waals surface area (Å²) in [6.07, 6.45) is -0.373. The highest BCUT2D eigenvalue weighted by Gasteiger charge is 2.83. The highest BCUT2D eigenvalue weighted by molar-refractivity contribution is 7.03. The summed E-state index contributed by atoms with van der Waals surface area (Å²) in [7, 11) is -32.6. The lowest BCUT2D eigenvalue weighted by molar-refractivity contribution is -0.139. The maximum absolute atomic E-state index is 13.3. The molecule has 0 N–H and O–H groups in total. The number of carbonyl (C=O) groups excluding carboxylic acids is 1. The van der Waals surface area contributed by atoms with Gasteiger partial charge in [-0.25, -0.2) is 4.79 Å². The number of esters is 1. The maximum atomic E-state index is 13.3. The molecule has 0 aromatic rings. The quantitative estimate of drug-likeness (QED) is 0.0792.